The van der Waals surface area contributed by atoms with Crippen molar-refractivity contribution >= 4 is 15.9 Å². The first-order valence-corrected chi connectivity index (χ1v) is 8.00. The van der Waals surface area contributed by atoms with Crippen molar-refractivity contribution in [2.24, 2.45) is 0 Å². The largest absolute Gasteiger partial charge is 0.484 e. The molecule has 1 aliphatic carbocycles. The number of hydrogen-bond donors (Lipinski definition) is 1. The molecule has 1 heterocycles. The van der Waals surface area contributed by atoms with Gasteiger partial charge in [-0.05, 0) is 36.6 Å². The van der Waals surface area contributed by atoms with Crippen molar-refractivity contribution in [2.75, 3.05) is 0 Å². The highest BCUT2D eigenvalue weighted by Crippen LogP contribution is 2.25. The molecule has 0 radical (unpaired) electrons. The Morgan fingerprint density at radius 1 is 1.43 bits per heavy atom. The van der Waals surface area contributed by atoms with E-state index >= 15 is 0 Å². The van der Waals surface area contributed by atoms with Gasteiger partial charge in [-0.15, -0.1) is 0 Å². The zero-order chi connectivity index (χ0) is 14.7. The summed E-state index contributed by atoms with van der Waals surface area (Å²) in [6, 6.07) is 6.66. The van der Waals surface area contributed by atoms with Crippen molar-refractivity contribution < 1.29 is 9.26 Å². The summed E-state index contributed by atoms with van der Waals surface area (Å²) in [5, 5.41) is 7.35. The van der Waals surface area contributed by atoms with Gasteiger partial charge in [-0.3, -0.25) is 0 Å². The van der Waals surface area contributed by atoms with E-state index in [-0.39, 0.29) is 0 Å². The zero-order valence-electron chi connectivity index (χ0n) is 11.9. The van der Waals surface area contributed by atoms with Crippen LogP contribution in [0.15, 0.2) is 27.2 Å². The molecule has 0 amide bonds. The number of hydrogen-bond acceptors (Lipinski definition) is 5. The quantitative estimate of drug-likeness (QED) is 0.829. The van der Waals surface area contributed by atoms with Crippen LogP contribution in [0, 0.1) is 0 Å². The number of aromatic nitrogens is 2. The predicted molar refractivity (Wildman–Crippen MR) is 82.0 cm³/mol. The van der Waals surface area contributed by atoms with Crippen molar-refractivity contribution in [3.05, 3.63) is 40.0 Å². The van der Waals surface area contributed by atoms with Crippen molar-refractivity contribution in [3.8, 4) is 5.75 Å². The van der Waals surface area contributed by atoms with Crippen LogP contribution in [0.5, 0.6) is 5.75 Å². The Morgan fingerprint density at radius 3 is 3.00 bits per heavy atom. The third kappa shape index (κ3) is 4.04. The van der Waals surface area contributed by atoms with Gasteiger partial charge >= 0.3 is 0 Å². The second kappa shape index (κ2) is 6.58. The van der Waals surface area contributed by atoms with E-state index < -0.39 is 0 Å². The third-order valence-electron chi connectivity index (χ3n) is 3.36. The Labute approximate surface area is 132 Å². The number of rotatable bonds is 7. The van der Waals surface area contributed by atoms with Crippen molar-refractivity contribution in [2.45, 2.75) is 45.4 Å². The molecule has 1 aromatic carbocycles. The Morgan fingerprint density at radius 2 is 2.29 bits per heavy atom. The molecule has 0 bridgehead atoms. The first kappa shape index (κ1) is 14.5. The summed E-state index contributed by atoms with van der Waals surface area (Å²) in [7, 11) is 0. The monoisotopic (exact) mass is 351 g/mol. The minimum absolute atomic E-state index is 0.296. The van der Waals surface area contributed by atoms with Crippen molar-refractivity contribution in [1.29, 1.82) is 0 Å². The molecule has 1 fully saturated rings. The van der Waals surface area contributed by atoms with E-state index in [1.54, 1.807) is 0 Å². The van der Waals surface area contributed by atoms with Gasteiger partial charge in [0, 0.05) is 23.5 Å². The normalized spacial score (nSPS) is 14.4. The lowest BCUT2D eigenvalue weighted by molar-refractivity contribution is 0.242. The van der Waals surface area contributed by atoms with Gasteiger partial charge < -0.3 is 14.6 Å². The fraction of sp³-hybridized carbons (Fsp3) is 0.467. The van der Waals surface area contributed by atoms with Crippen LogP contribution in [-0.2, 0) is 19.6 Å². The summed E-state index contributed by atoms with van der Waals surface area (Å²) in [6.07, 6.45) is 3.33. The van der Waals surface area contributed by atoms with Gasteiger partial charge in [-0.2, -0.15) is 4.98 Å². The van der Waals surface area contributed by atoms with E-state index in [0.29, 0.717) is 24.4 Å². The van der Waals surface area contributed by atoms with Gasteiger partial charge in [-0.1, -0.05) is 28.0 Å². The van der Waals surface area contributed by atoms with Crippen molar-refractivity contribution in [3.63, 3.8) is 0 Å². The minimum Gasteiger partial charge on any atom is -0.484 e. The number of benzene rings is 1. The molecule has 0 atom stereocenters. The second-order valence-corrected chi connectivity index (χ2v) is 6.01. The maximum atomic E-state index is 5.72. The number of ether oxygens (including phenoxy) is 1. The highest BCUT2D eigenvalue weighted by Gasteiger charge is 2.20. The third-order valence-corrected chi connectivity index (χ3v) is 4.14. The fourth-order valence-corrected chi connectivity index (χ4v) is 2.34. The summed E-state index contributed by atoms with van der Waals surface area (Å²) < 4.78 is 11.9. The van der Waals surface area contributed by atoms with Crippen LogP contribution in [0.1, 0.15) is 37.0 Å². The van der Waals surface area contributed by atoms with E-state index in [0.717, 1.165) is 23.2 Å². The number of aryl methyl sites for hydroxylation is 1. The molecule has 0 saturated heterocycles. The molecule has 1 N–H and O–H groups in total. The molecular formula is C15H18BrN3O2. The molecule has 5 nitrogen and oxygen atoms in total. The van der Waals surface area contributed by atoms with E-state index in [4.69, 9.17) is 9.26 Å². The topological polar surface area (TPSA) is 60.2 Å². The zero-order valence-corrected chi connectivity index (χ0v) is 13.5. The van der Waals surface area contributed by atoms with Crippen LogP contribution in [0.3, 0.4) is 0 Å². The Hall–Kier alpha value is -1.40. The molecule has 3 rings (SSSR count). The standard InChI is InChI=1S/C15H18BrN3O2/c1-2-14-18-15(21-19-14)9-20-12-5-6-13(16)10(7-12)8-17-11-3-4-11/h5-7,11,17H,2-4,8-9H2,1H3. The molecule has 21 heavy (non-hydrogen) atoms. The summed E-state index contributed by atoms with van der Waals surface area (Å²) in [5.41, 5.74) is 1.19. The molecule has 6 heteroatoms. The van der Waals surface area contributed by atoms with Gasteiger partial charge in [0.25, 0.3) is 5.89 Å². The van der Waals surface area contributed by atoms with E-state index in [2.05, 4.69) is 31.4 Å². The van der Waals surface area contributed by atoms with Crippen LogP contribution in [-0.4, -0.2) is 16.2 Å². The second-order valence-electron chi connectivity index (χ2n) is 5.15. The number of nitrogens with one attached hydrogen (secondary N) is 1. The fourth-order valence-electron chi connectivity index (χ4n) is 1.96. The lowest BCUT2D eigenvalue weighted by atomic mass is 10.2. The maximum absolute atomic E-state index is 5.72. The average Bonchev–Trinajstić information content (AvgIpc) is 3.21. The molecule has 1 aromatic heterocycles. The van der Waals surface area contributed by atoms with Crippen LogP contribution in [0.4, 0.5) is 0 Å². The summed E-state index contributed by atoms with van der Waals surface area (Å²) in [5.74, 6) is 2.02. The first-order valence-electron chi connectivity index (χ1n) is 7.20. The van der Waals surface area contributed by atoms with Crippen LogP contribution in [0.25, 0.3) is 0 Å². The Kier molecular flexibility index (Phi) is 4.55. The molecule has 0 unspecified atom stereocenters. The number of nitrogens with zero attached hydrogens (tertiary/aromatic N) is 2. The highest BCUT2D eigenvalue weighted by atomic mass is 79.9. The van der Waals surface area contributed by atoms with Gasteiger partial charge in [0.2, 0.25) is 0 Å². The lowest BCUT2D eigenvalue weighted by Crippen LogP contribution is -2.15. The summed E-state index contributed by atoms with van der Waals surface area (Å²) in [6.45, 7) is 3.14. The predicted octanol–water partition coefficient (Wildman–Crippen LogP) is 3.23. The van der Waals surface area contributed by atoms with E-state index in [1.165, 1.54) is 18.4 Å². The Bertz CT molecular complexity index is 611. The summed E-state index contributed by atoms with van der Waals surface area (Å²) >= 11 is 3.57. The molecule has 0 spiro atoms. The van der Waals surface area contributed by atoms with Crippen LogP contribution < -0.4 is 10.1 Å². The Balaban J connectivity index is 1.60. The van der Waals surface area contributed by atoms with Crippen LogP contribution in [0.2, 0.25) is 0 Å². The molecule has 0 aliphatic heterocycles. The molecular weight excluding hydrogens is 334 g/mol. The SMILES string of the molecule is CCc1noc(COc2ccc(Br)c(CNC3CC3)c2)n1. The molecule has 1 aliphatic rings. The highest BCUT2D eigenvalue weighted by molar-refractivity contribution is 9.10. The molecule has 2 aromatic rings. The van der Waals surface area contributed by atoms with E-state index in [1.807, 2.05) is 25.1 Å². The summed E-state index contributed by atoms with van der Waals surface area (Å²) in [4.78, 5) is 4.23. The van der Waals surface area contributed by atoms with Gasteiger partial charge in [0.05, 0.1) is 0 Å². The minimum atomic E-state index is 0.296. The van der Waals surface area contributed by atoms with Gasteiger partial charge in [0.15, 0.2) is 12.4 Å². The smallest absolute Gasteiger partial charge is 0.264 e. The first-order chi connectivity index (χ1) is 10.2. The maximum Gasteiger partial charge on any atom is 0.264 e. The number of halogens is 1. The average molecular weight is 352 g/mol. The lowest BCUT2D eigenvalue weighted by Gasteiger charge is -2.09. The van der Waals surface area contributed by atoms with Gasteiger partial charge in [0.1, 0.15) is 5.75 Å². The van der Waals surface area contributed by atoms with Crippen LogP contribution >= 0.6 is 15.9 Å². The van der Waals surface area contributed by atoms with Crippen molar-refractivity contribution in [1.82, 2.24) is 15.5 Å². The van der Waals surface area contributed by atoms with Gasteiger partial charge in [-0.25, -0.2) is 0 Å². The molecule has 112 valence electrons. The molecule has 1 saturated carbocycles. The van der Waals surface area contributed by atoms with E-state index in [9.17, 15) is 0 Å².